The molecule has 7 heteroatoms. The molecule has 0 amide bonds. The number of esters is 1. The van der Waals surface area contributed by atoms with Gasteiger partial charge in [-0.25, -0.2) is 0 Å². The number of aliphatic imine (C=N–C) groups is 1. The molecule has 0 spiro atoms. The van der Waals surface area contributed by atoms with E-state index in [2.05, 4.69) is 39.5 Å². The lowest BCUT2D eigenvalue weighted by atomic mass is 9.97. The lowest BCUT2D eigenvalue weighted by Crippen LogP contribution is -2.46. The van der Waals surface area contributed by atoms with E-state index in [0.29, 0.717) is 13.2 Å². The number of nitrogens with zero attached hydrogens (tertiary/aromatic N) is 2. The fourth-order valence-corrected chi connectivity index (χ4v) is 3.61. The number of benzene rings is 2. The summed E-state index contributed by atoms with van der Waals surface area (Å²) in [5.74, 6) is 1.67. The van der Waals surface area contributed by atoms with Gasteiger partial charge >= 0.3 is 5.97 Å². The van der Waals surface area contributed by atoms with Crippen LogP contribution >= 0.6 is 24.0 Å². The molecule has 2 aromatic carbocycles. The normalized spacial score (nSPS) is 15.0. The molecule has 1 fully saturated rings. The minimum Gasteiger partial charge on any atom is -0.497 e. The molecular formula is C22H30IN3O3. The van der Waals surface area contributed by atoms with E-state index < -0.39 is 0 Å². The molecule has 0 bridgehead atoms. The summed E-state index contributed by atoms with van der Waals surface area (Å²) in [4.78, 5) is 18.5. The van der Waals surface area contributed by atoms with Crippen molar-refractivity contribution in [2.75, 3.05) is 33.9 Å². The van der Waals surface area contributed by atoms with Crippen LogP contribution in [0.2, 0.25) is 0 Å². The Bertz CT molecular complexity index is 848. The minimum absolute atomic E-state index is 0. The molecule has 1 saturated heterocycles. The predicted octanol–water partition coefficient (Wildman–Crippen LogP) is 3.82. The molecule has 0 aliphatic carbocycles. The number of hydrogen-bond acceptors (Lipinski definition) is 4. The minimum atomic E-state index is -0.0714. The van der Waals surface area contributed by atoms with Crippen molar-refractivity contribution in [3.8, 4) is 5.75 Å². The highest BCUT2D eigenvalue weighted by Gasteiger charge is 2.27. The second-order valence-corrected chi connectivity index (χ2v) is 6.96. The van der Waals surface area contributed by atoms with Crippen LogP contribution < -0.4 is 10.1 Å². The lowest BCUT2D eigenvalue weighted by molar-refractivity contribution is -0.149. The van der Waals surface area contributed by atoms with Crippen molar-refractivity contribution >= 4 is 46.7 Å². The third kappa shape index (κ3) is 5.98. The quantitative estimate of drug-likeness (QED) is 0.286. The third-order valence-corrected chi connectivity index (χ3v) is 5.19. The van der Waals surface area contributed by atoms with E-state index in [-0.39, 0.29) is 35.9 Å². The summed E-state index contributed by atoms with van der Waals surface area (Å²) in [7, 11) is 3.48. The summed E-state index contributed by atoms with van der Waals surface area (Å²) < 4.78 is 10.4. The van der Waals surface area contributed by atoms with Gasteiger partial charge < -0.3 is 19.7 Å². The van der Waals surface area contributed by atoms with Gasteiger partial charge in [0.15, 0.2) is 5.96 Å². The largest absolute Gasteiger partial charge is 0.497 e. The highest BCUT2D eigenvalue weighted by molar-refractivity contribution is 14.0. The van der Waals surface area contributed by atoms with Crippen LogP contribution in [-0.4, -0.2) is 50.7 Å². The van der Waals surface area contributed by atoms with E-state index in [9.17, 15) is 4.79 Å². The SMILES string of the molecule is CCOC(=O)C1CCN(C(=NC)NCc2ccc3cc(OC)ccc3c2)CC1.I. The summed E-state index contributed by atoms with van der Waals surface area (Å²) in [5.41, 5.74) is 1.19. The average Bonchev–Trinajstić information content (AvgIpc) is 2.74. The first-order valence-electron chi connectivity index (χ1n) is 9.83. The molecule has 29 heavy (non-hydrogen) atoms. The highest BCUT2D eigenvalue weighted by atomic mass is 127. The summed E-state index contributed by atoms with van der Waals surface area (Å²) in [6.45, 7) is 4.61. The number of piperidine rings is 1. The number of guanidine groups is 1. The van der Waals surface area contributed by atoms with Crippen LogP contribution in [0.1, 0.15) is 25.3 Å². The zero-order valence-corrected chi connectivity index (χ0v) is 19.6. The van der Waals surface area contributed by atoms with Crippen molar-refractivity contribution in [2.45, 2.75) is 26.3 Å². The van der Waals surface area contributed by atoms with Crippen molar-refractivity contribution < 1.29 is 14.3 Å². The van der Waals surface area contributed by atoms with E-state index in [0.717, 1.165) is 43.0 Å². The lowest BCUT2D eigenvalue weighted by Gasteiger charge is -2.33. The number of fused-ring (bicyclic) bond motifs is 1. The number of nitrogens with one attached hydrogen (secondary N) is 1. The first kappa shape index (κ1) is 23.3. The van der Waals surface area contributed by atoms with E-state index in [1.54, 1.807) is 14.2 Å². The average molecular weight is 511 g/mol. The Morgan fingerprint density at radius 3 is 2.52 bits per heavy atom. The van der Waals surface area contributed by atoms with Crippen LogP contribution in [-0.2, 0) is 16.1 Å². The first-order valence-corrected chi connectivity index (χ1v) is 9.83. The molecule has 1 N–H and O–H groups in total. The number of carbonyl (C=O) groups excluding carboxylic acids is 1. The highest BCUT2D eigenvalue weighted by Crippen LogP contribution is 2.22. The molecular weight excluding hydrogens is 481 g/mol. The summed E-state index contributed by atoms with van der Waals surface area (Å²) in [5, 5.41) is 5.79. The van der Waals surface area contributed by atoms with Gasteiger partial charge in [-0.2, -0.15) is 0 Å². The van der Waals surface area contributed by atoms with Gasteiger partial charge in [0.2, 0.25) is 0 Å². The Balaban J connectivity index is 0.00000300. The van der Waals surface area contributed by atoms with Crippen molar-refractivity contribution in [1.29, 1.82) is 0 Å². The summed E-state index contributed by atoms with van der Waals surface area (Å²) in [6.07, 6.45) is 1.61. The Labute approximate surface area is 189 Å². The predicted molar refractivity (Wildman–Crippen MR) is 127 cm³/mol. The van der Waals surface area contributed by atoms with E-state index in [4.69, 9.17) is 9.47 Å². The molecule has 1 heterocycles. The monoisotopic (exact) mass is 511 g/mol. The smallest absolute Gasteiger partial charge is 0.309 e. The number of rotatable bonds is 5. The van der Waals surface area contributed by atoms with Gasteiger partial charge in [0.05, 0.1) is 19.6 Å². The number of likely N-dealkylation sites (tertiary alicyclic amines) is 1. The van der Waals surface area contributed by atoms with Crippen LogP contribution in [0.5, 0.6) is 5.75 Å². The molecule has 158 valence electrons. The molecule has 3 rings (SSSR count). The van der Waals surface area contributed by atoms with Crippen molar-refractivity contribution in [3.05, 3.63) is 42.0 Å². The maximum atomic E-state index is 11.9. The maximum Gasteiger partial charge on any atom is 0.309 e. The molecule has 0 aromatic heterocycles. The second-order valence-electron chi connectivity index (χ2n) is 6.96. The molecule has 1 aliphatic rings. The number of methoxy groups -OCH3 is 1. The van der Waals surface area contributed by atoms with Gasteiger partial charge in [-0.15, -0.1) is 24.0 Å². The number of ether oxygens (including phenoxy) is 2. The van der Waals surface area contributed by atoms with Crippen LogP contribution in [0, 0.1) is 5.92 Å². The number of hydrogen-bond donors (Lipinski definition) is 1. The molecule has 0 atom stereocenters. The van der Waals surface area contributed by atoms with Crippen LogP contribution in [0.3, 0.4) is 0 Å². The molecule has 0 saturated carbocycles. The molecule has 0 radical (unpaired) electrons. The van der Waals surface area contributed by atoms with Gasteiger partial charge in [-0.3, -0.25) is 9.79 Å². The number of carbonyl (C=O) groups is 1. The van der Waals surface area contributed by atoms with Crippen LogP contribution in [0.4, 0.5) is 0 Å². The Hall–Kier alpha value is -2.03. The Morgan fingerprint density at radius 2 is 1.86 bits per heavy atom. The standard InChI is InChI=1S/C22H29N3O3.HI/c1-4-28-21(26)17-9-11-25(12-10-17)22(23-2)24-15-16-5-6-19-14-20(27-3)8-7-18(19)13-16;/h5-8,13-14,17H,4,9-12,15H2,1-3H3,(H,23,24);1H. The molecule has 0 unspecified atom stereocenters. The Morgan fingerprint density at radius 1 is 1.17 bits per heavy atom. The topological polar surface area (TPSA) is 63.2 Å². The van der Waals surface area contributed by atoms with Crippen LogP contribution in [0.15, 0.2) is 41.4 Å². The van der Waals surface area contributed by atoms with Gasteiger partial charge in [0.25, 0.3) is 0 Å². The van der Waals surface area contributed by atoms with Gasteiger partial charge in [0, 0.05) is 26.7 Å². The zero-order chi connectivity index (χ0) is 19.9. The van der Waals surface area contributed by atoms with E-state index in [1.807, 2.05) is 19.1 Å². The van der Waals surface area contributed by atoms with Gasteiger partial charge in [-0.05, 0) is 54.3 Å². The maximum absolute atomic E-state index is 11.9. The molecule has 1 aliphatic heterocycles. The van der Waals surface area contributed by atoms with Crippen molar-refractivity contribution in [1.82, 2.24) is 10.2 Å². The molecule has 6 nitrogen and oxygen atoms in total. The molecule has 2 aromatic rings. The fraction of sp³-hybridized carbons (Fsp3) is 0.455. The fourth-order valence-electron chi connectivity index (χ4n) is 3.61. The summed E-state index contributed by atoms with van der Waals surface area (Å²) >= 11 is 0. The van der Waals surface area contributed by atoms with Crippen LogP contribution in [0.25, 0.3) is 10.8 Å². The number of halogens is 1. The zero-order valence-electron chi connectivity index (χ0n) is 17.3. The van der Waals surface area contributed by atoms with Gasteiger partial charge in [0.1, 0.15) is 5.75 Å². The van der Waals surface area contributed by atoms with Gasteiger partial charge in [-0.1, -0.05) is 18.2 Å². The first-order chi connectivity index (χ1) is 13.6. The summed E-state index contributed by atoms with van der Waals surface area (Å²) in [6, 6.07) is 12.5. The van der Waals surface area contributed by atoms with E-state index in [1.165, 1.54) is 10.9 Å². The van der Waals surface area contributed by atoms with Crippen molar-refractivity contribution in [3.63, 3.8) is 0 Å². The third-order valence-electron chi connectivity index (χ3n) is 5.19. The van der Waals surface area contributed by atoms with Crippen molar-refractivity contribution in [2.24, 2.45) is 10.9 Å². The Kier molecular flexibility index (Phi) is 9.00. The van der Waals surface area contributed by atoms with E-state index >= 15 is 0 Å². The second kappa shape index (κ2) is 11.2.